The molecule has 0 aliphatic heterocycles. The average Bonchev–Trinajstić information content (AvgIpc) is 3.15. The number of pyridine rings is 1. The summed E-state index contributed by atoms with van der Waals surface area (Å²) in [4.78, 5) is 4.53. The highest BCUT2D eigenvalue weighted by Gasteiger charge is 2.13. The molecule has 4 aromatic rings. The van der Waals surface area contributed by atoms with Gasteiger partial charge in [0.1, 0.15) is 11.4 Å². The standard InChI is InChI=1S/C17H14N2O2/c20-11-12-8-15-14-5-1-2-6-16(14)19(17(15)18-9-12)10-13-4-3-7-21-13/h1-9,20H,10-11H2. The van der Waals surface area contributed by atoms with E-state index in [-0.39, 0.29) is 6.61 Å². The fraction of sp³-hybridized carbons (Fsp3) is 0.118. The van der Waals surface area contributed by atoms with Gasteiger partial charge in [0.05, 0.1) is 24.9 Å². The van der Waals surface area contributed by atoms with Gasteiger partial charge in [0.15, 0.2) is 0 Å². The predicted octanol–water partition coefficient (Wildman–Crippen LogP) is 3.32. The van der Waals surface area contributed by atoms with Crippen LogP contribution in [0.2, 0.25) is 0 Å². The number of aliphatic hydroxyl groups excluding tert-OH is 1. The van der Waals surface area contributed by atoms with Crippen LogP contribution in [0.4, 0.5) is 0 Å². The van der Waals surface area contributed by atoms with Gasteiger partial charge in [-0.2, -0.15) is 0 Å². The quantitative estimate of drug-likeness (QED) is 0.625. The third-order valence-corrected chi connectivity index (χ3v) is 3.74. The Labute approximate surface area is 121 Å². The Hall–Kier alpha value is -2.59. The van der Waals surface area contributed by atoms with Crippen LogP contribution in [-0.4, -0.2) is 14.7 Å². The van der Waals surface area contributed by atoms with Crippen LogP contribution in [0.25, 0.3) is 21.9 Å². The van der Waals surface area contributed by atoms with Gasteiger partial charge in [-0.05, 0) is 29.8 Å². The van der Waals surface area contributed by atoms with Crippen molar-refractivity contribution >= 4 is 21.9 Å². The van der Waals surface area contributed by atoms with Crippen molar-refractivity contribution in [1.29, 1.82) is 0 Å². The summed E-state index contributed by atoms with van der Waals surface area (Å²) >= 11 is 0. The molecule has 0 aliphatic rings. The first-order valence-corrected chi connectivity index (χ1v) is 6.86. The van der Waals surface area contributed by atoms with Gasteiger partial charge in [-0.3, -0.25) is 0 Å². The highest BCUT2D eigenvalue weighted by molar-refractivity contribution is 6.06. The Morgan fingerprint density at radius 1 is 1.10 bits per heavy atom. The van der Waals surface area contributed by atoms with Crippen molar-refractivity contribution < 1.29 is 9.52 Å². The van der Waals surface area contributed by atoms with Crippen molar-refractivity contribution in [3.63, 3.8) is 0 Å². The number of rotatable bonds is 3. The average molecular weight is 278 g/mol. The van der Waals surface area contributed by atoms with Crippen molar-refractivity contribution in [2.24, 2.45) is 0 Å². The minimum absolute atomic E-state index is 0.000626. The van der Waals surface area contributed by atoms with Crippen LogP contribution in [0, 0.1) is 0 Å². The number of hydrogen-bond acceptors (Lipinski definition) is 3. The van der Waals surface area contributed by atoms with Gasteiger partial charge in [-0.25, -0.2) is 4.98 Å². The summed E-state index contributed by atoms with van der Waals surface area (Å²) in [5.41, 5.74) is 2.85. The van der Waals surface area contributed by atoms with Crippen molar-refractivity contribution in [1.82, 2.24) is 9.55 Å². The first-order chi connectivity index (χ1) is 10.4. The van der Waals surface area contributed by atoms with Crippen molar-refractivity contribution in [3.05, 3.63) is 66.2 Å². The molecule has 3 aromatic heterocycles. The number of aromatic nitrogens is 2. The van der Waals surface area contributed by atoms with E-state index in [1.54, 1.807) is 12.5 Å². The maximum Gasteiger partial charge on any atom is 0.141 e. The normalized spacial score (nSPS) is 11.5. The smallest absolute Gasteiger partial charge is 0.141 e. The van der Waals surface area contributed by atoms with Gasteiger partial charge in [0.25, 0.3) is 0 Å². The summed E-state index contributed by atoms with van der Waals surface area (Å²) in [6.07, 6.45) is 3.40. The van der Waals surface area contributed by atoms with E-state index in [0.29, 0.717) is 6.54 Å². The fourth-order valence-corrected chi connectivity index (χ4v) is 2.77. The molecule has 0 bridgehead atoms. The van der Waals surface area contributed by atoms with Crippen LogP contribution < -0.4 is 0 Å². The van der Waals surface area contributed by atoms with E-state index < -0.39 is 0 Å². The number of nitrogens with zero attached hydrogens (tertiary/aromatic N) is 2. The second-order valence-electron chi connectivity index (χ2n) is 5.06. The molecule has 4 heteroatoms. The van der Waals surface area contributed by atoms with E-state index >= 15 is 0 Å². The first-order valence-electron chi connectivity index (χ1n) is 6.86. The van der Waals surface area contributed by atoms with Gasteiger partial charge in [0.2, 0.25) is 0 Å². The number of benzene rings is 1. The van der Waals surface area contributed by atoms with Crippen molar-refractivity contribution in [2.75, 3.05) is 0 Å². The third kappa shape index (κ3) is 1.92. The molecule has 21 heavy (non-hydrogen) atoms. The number of furan rings is 1. The van der Waals surface area contributed by atoms with Crippen LogP contribution in [-0.2, 0) is 13.2 Å². The zero-order valence-corrected chi connectivity index (χ0v) is 11.4. The maximum atomic E-state index is 9.32. The molecule has 0 aliphatic carbocycles. The molecular formula is C17H14N2O2. The highest BCUT2D eigenvalue weighted by Crippen LogP contribution is 2.29. The molecule has 0 atom stereocenters. The largest absolute Gasteiger partial charge is 0.467 e. The van der Waals surface area contributed by atoms with E-state index in [0.717, 1.165) is 33.3 Å². The second kappa shape index (κ2) is 4.75. The Morgan fingerprint density at radius 2 is 2.00 bits per heavy atom. The van der Waals surface area contributed by atoms with Gasteiger partial charge in [0, 0.05) is 17.0 Å². The lowest BCUT2D eigenvalue weighted by Gasteiger charge is -2.04. The lowest BCUT2D eigenvalue weighted by molar-refractivity contribution is 0.281. The molecule has 0 amide bonds. The van der Waals surface area contributed by atoms with E-state index in [2.05, 4.69) is 21.7 Å². The van der Waals surface area contributed by atoms with Crippen LogP contribution in [0.1, 0.15) is 11.3 Å². The molecule has 4 nitrogen and oxygen atoms in total. The molecule has 0 saturated heterocycles. The van der Waals surface area contributed by atoms with Gasteiger partial charge >= 0.3 is 0 Å². The van der Waals surface area contributed by atoms with Crippen molar-refractivity contribution in [3.8, 4) is 0 Å². The molecule has 0 fully saturated rings. The molecule has 4 rings (SSSR count). The summed E-state index contributed by atoms with van der Waals surface area (Å²) in [5, 5.41) is 11.5. The third-order valence-electron chi connectivity index (χ3n) is 3.74. The minimum Gasteiger partial charge on any atom is -0.467 e. The Kier molecular flexibility index (Phi) is 2.75. The van der Waals surface area contributed by atoms with Gasteiger partial charge in [-0.1, -0.05) is 18.2 Å². The van der Waals surface area contributed by atoms with Gasteiger partial charge in [-0.15, -0.1) is 0 Å². The minimum atomic E-state index is 0.000626. The number of para-hydroxylation sites is 1. The summed E-state index contributed by atoms with van der Waals surface area (Å²) < 4.78 is 7.60. The Balaban J connectivity index is 2.02. The highest BCUT2D eigenvalue weighted by atomic mass is 16.3. The molecule has 104 valence electrons. The monoisotopic (exact) mass is 278 g/mol. The zero-order valence-electron chi connectivity index (χ0n) is 11.4. The first kappa shape index (κ1) is 12.2. The Morgan fingerprint density at radius 3 is 2.81 bits per heavy atom. The molecule has 0 saturated carbocycles. The molecule has 0 radical (unpaired) electrons. The lowest BCUT2D eigenvalue weighted by Crippen LogP contribution is -1.99. The molecule has 1 N–H and O–H groups in total. The van der Waals surface area contributed by atoms with Crippen LogP contribution in [0.3, 0.4) is 0 Å². The zero-order chi connectivity index (χ0) is 14.2. The molecular weight excluding hydrogens is 264 g/mol. The SMILES string of the molecule is OCc1cnc2c(c1)c1ccccc1n2Cc1ccco1. The predicted molar refractivity (Wildman–Crippen MR) is 81.0 cm³/mol. The van der Waals surface area contributed by atoms with Crippen molar-refractivity contribution in [2.45, 2.75) is 13.2 Å². The summed E-state index contributed by atoms with van der Waals surface area (Å²) in [7, 11) is 0. The van der Waals surface area contributed by atoms with Gasteiger partial charge < -0.3 is 14.1 Å². The Bertz CT molecular complexity index is 907. The summed E-state index contributed by atoms with van der Waals surface area (Å²) in [6, 6.07) is 14.1. The van der Waals surface area contributed by atoms with E-state index in [4.69, 9.17) is 4.42 Å². The maximum absolute atomic E-state index is 9.32. The fourth-order valence-electron chi connectivity index (χ4n) is 2.77. The molecule has 3 heterocycles. The van der Waals surface area contributed by atoms with Crippen LogP contribution in [0.15, 0.2) is 59.3 Å². The number of fused-ring (bicyclic) bond motifs is 3. The van der Waals surface area contributed by atoms with Crippen LogP contribution in [0.5, 0.6) is 0 Å². The molecule has 0 unspecified atom stereocenters. The molecule has 1 aromatic carbocycles. The second-order valence-corrected chi connectivity index (χ2v) is 5.06. The number of aliphatic hydroxyl groups is 1. The summed E-state index contributed by atoms with van der Waals surface area (Å²) in [6.45, 7) is 0.642. The summed E-state index contributed by atoms with van der Waals surface area (Å²) in [5.74, 6) is 0.894. The van der Waals surface area contributed by atoms with E-state index in [9.17, 15) is 5.11 Å². The molecule has 0 spiro atoms. The lowest BCUT2D eigenvalue weighted by atomic mass is 10.1. The number of hydrogen-bond donors (Lipinski definition) is 1. The van der Waals surface area contributed by atoms with Crippen LogP contribution >= 0.6 is 0 Å². The van der Waals surface area contributed by atoms with E-state index in [1.807, 2.05) is 30.3 Å². The topological polar surface area (TPSA) is 51.2 Å². The van der Waals surface area contributed by atoms with E-state index in [1.165, 1.54) is 0 Å².